The number of hydrogen-bond acceptors (Lipinski definition) is 4. The highest BCUT2D eigenvalue weighted by atomic mass is 28.4. The van der Waals surface area contributed by atoms with E-state index >= 15 is 0 Å². The first-order valence-corrected chi connectivity index (χ1v) is 13.9. The van der Waals surface area contributed by atoms with Crippen LogP contribution in [0.15, 0.2) is 0 Å². The van der Waals surface area contributed by atoms with Gasteiger partial charge in [-0.2, -0.15) is 0 Å². The molecule has 6 heteroatoms. The smallest absolute Gasteiger partial charge is 0.377 e. The fraction of sp³-hybridized carbons (Fsp3) is 1.00. The predicted octanol–water partition coefficient (Wildman–Crippen LogP) is 4.50. The molecule has 0 unspecified atom stereocenters. The molecule has 0 heterocycles. The average Bonchev–Trinajstić information content (AvgIpc) is 2.52. The van der Waals surface area contributed by atoms with Crippen molar-refractivity contribution in [2.75, 3.05) is 27.9 Å². The van der Waals surface area contributed by atoms with Crippen LogP contribution in [0.3, 0.4) is 0 Å². The molecule has 23 heavy (non-hydrogen) atoms. The lowest BCUT2D eigenvalue weighted by atomic mass is 9.95. The average molecular weight is 362 g/mol. The molecule has 0 spiro atoms. The van der Waals surface area contributed by atoms with Gasteiger partial charge in [0.2, 0.25) is 0 Å². The summed E-state index contributed by atoms with van der Waals surface area (Å²) >= 11 is 0. The maximum Gasteiger partial charge on any atom is 0.501 e. The van der Waals surface area contributed by atoms with Crippen LogP contribution < -0.4 is 0 Å². The summed E-state index contributed by atoms with van der Waals surface area (Å²) in [6.07, 6.45) is 6.82. The van der Waals surface area contributed by atoms with Gasteiger partial charge in [0.25, 0.3) is 0 Å². The molecule has 0 aromatic heterocycles. The van der Waals surface area contributed by atoms with Gasteiger partial charge in [0.1, 0.15) is 8.24 Å². The summed E-state index contributed by atoms with van der Waals surface area (Å²) in [4.78, 5) is 0. The maximum absolute atomic E-state index is 5.66. The summed E-state index contributed by atoms with van der Waals surface area (Å²) in [6.45, 7) is 13.3. The van der Waals surface area contributed by atoms with Crippen molar-refractivity contribution < 1.29 is 13.3 Å². The largest absolute Gasteiger partial charge is 0.501 e. The van der Waals surface area contributed by atoms with Gasteiger partial charge in [-0.05, 0) is 24.4 Å². The van der Waals surface area contributed by atoms with E-state index in [-0.39, 0.29) is 0 Å². The molecule has 4 nitrogen and oxygen atoms in total. The molecule has 138 valence electrons. The molecule has 1 fully saturated rings. The molecule has 0 aliphatic heterocycles. The van der Waals surface area contributed by atoms with E-state index in [4.69, 9.17) is 13.3 Å². The summed E-state index contributed by atoms with van der Waals surface area (Å²) in [6, 6.07) is 1.60. The maximum atomic E-state index is 5.66. The topological polar surface area (TPSA) is 30.9 Å². The lowest BCUT2D eigenvalue weighted by Gasteiger charge is -2.51. The van der Waals surface area contributed by atoms with Gasteiger partial charge in [-0.15, -0.1) is 0 Å². The van der Waals surface area contributed by atoms with Crippen LogP contribution in [0.1, 0.15) is 52.9 Å². The number of rotatable bonds is 8. The Hall–Kier alpha value is 0.274. The van der Waals surface area contributed by atoms with Crippen molar-refractivity contribution in [1.82, 2.24) is 4.57 Å². The lowest BCUT2D eigenvalue weighted by Crippen LogP contribution is -2.61. The van der Waals surface area contributed by atoms with Crippen LogP contribution in [-0.2, 0) is 13.3 Å². The van der Waals surface area contributed by atoms with Crippen molar-refractivity contribution in [2.45, 2.75) is 83.1 Å². The van der Waals surface area contributed by atoms with E-state index in [2.05, 4.69) is 38.4 Å². The van der Waals surface area contributed by atoms with Crippen LogP contribution in [0.5, 0.6) is 0 Å². The fourth-order valence-corrected chi connectivity index (χ4v) is 8.11. The summed E-state index contributed by atoms with van der Waals surface area (Å²) in [5.41, 5.74) is 0. The monoisotopic (exact) mass is 361 g/mol. The second-order valence-electron chi connectivity index (χ2n) is 8.34. The van der Waals surface area contributed by atoms with E-state index in [9.17, 15) is 0 Å². The minimum atomic E-state index is -2.50. The third-order valence-corrected chi connectivity index (χ3v) is 14.6. The highest BCUT2D eigenvalue weighted by Crippen LogP contribution is 2.41. The molecular formula is C17H39NO3Si2. The van der Waals surface area contributed by atoms with Crippen LogP contribution in [-0.4, -0.2) is 55.5 Å². The van der Waals surface area contributed by atoms with Crippen LogP contribution in [0.2, 0.25) is 24.2 Å². The molecule has 0 bridgehead atoms. The third kappa shape index (κ3) is 5.12. The first-order valence-electron chi connectivity index (χ1n) is 9.06. The quantitative estimate of drug-likeness (QED) is 0.595. The van der Waals surface area contributed by atoms with Crippen LogP contribution >= 0.6 is 0 Å². The summed E-state index contributed by atoms with van der Waals surface area (Å²) in [5, 5.41) is 0.349. The van der Waals surface area contributed by atoms with E-state index in [1.54, 1.807) is 21.3 Å². The third-order valence-electron chi connectivity index (χ3n) is 6.16. The first kappa shape index (κ1) is 21.3. The molecule has 0 aromatic carbocycles. The van der Waals surface area contributed by atoms with Crippen LogP contribution in [0, 0.1) is 0 Å². The zero-order valence-electron chi connectivity index (χ0n) is 16.7. The Bertz CT molecular complexity index is 340. The zero-order valence-corrected chi connectivity index (χ0v) is 18.7. The van der Waals surface area contributed by atoms with Gasteiger partial charge in [0, 0.05) is 33.4 Å². The first-order chi connectivity index (χ1) is 10.6. The highest BCUT2D eigenvalue weighted by molar-refractivity contribution is 6.77. The Morgan fingerprint density at radius 2 is 1.39 bits per heavy atom. The molecule has 1 rings (SSSR count). The Morgan fingerprint density at radius 3 is 1.78 bits per heavy atom. The molecule has 1 aliphatic carbocycles. The van der Waals surface area contributed by atoms with Crippen molar-refractivity contribution in [2.24, 2.45) is 0 Å². The predicted molar refractivity (Wildman–Crippen MR) is 102 cm³/mol. The van der Waals surface area contributed by atoms with E-state index in [0.717, 1.165) is 18.6 Å². The molecule has 0 aromatic rings. The van der Waals surface area contributed by atoms with Crippen molar-refractivity contribution in [3.63, 3.8) is 0 Å². The summed E-state index contributed by atoms with van der Waals surface area (Å²) < 4.78 is 19.8. The standard InChI is InChI=1S/C17H39NO3Si2/c1-17(2,3)22(7,8)18(16-12-10-9-11-13-16)14-15-23(19-4,20-5)21-6/h16H,9-15H2,1-8H3. The van der Waals surface area contributed by atoms with E-state index in [1.807, 2.05) is 0 Å². The molecule has 0 amide bonds. The molecule has 1 saturated carbocycles. The SMILES string of the molecule is CO[Si](CCN(C1CCCCC1)[Si](C)(C)C(C)(C)C)(OC)OC. The second-order valence-corrected chi connectivity index (χ2v) is 16.6. The Kier molecular flexibility index (Phi) is 7.95. The van der Waals surface area contributed by atoms with Gasteiger partial charge in [0.15, 0.2) is 0 Å². The Morgan fingerprint density at radius 1 is 0.913 bits per heavy atom. The van der Waals surface area contributed by atoms with Crippen molar-refractivity contribution in [3.8, 4) is 0 Å². The van der Waals surface area contributed by atoms with E-state index in [1.165, 1.54) is 32.1 Å². The van der Waals surface area contributed by atoms with Gasteiger partial charge < -0.3 is 17.8 Å². The Labute approximate surface area is 146 Å². The van der Waals surface area contributed by atoms with Gasteiger partial charge >= 0.3 is 8.80 Å². The van der Waals surface area contributed by atoms with E-state index < -0.39 is 17.0 Å². The summed E-state index contributed by atoms with van der Waals surface area (Å²) in [5.74, 6) is 0. The summed E-state index contributed by atoms with van der Waals surface area (Å²) in [7, 11) is 1.08. The van der Waals surface area contributed by atoms with E-state index in [0.29, 0.717) is 5.04 Å². The molecule has 0 atom stereocenters. The normalized spacial score (nSPS) is 18.7. The highest BCUT2D eigenvalue weighted by Gasteiger charge is 2.46. The van der Waals surface area contributed by atoms with Crippen molar-refractivity contribution in [1.29, 1.82) is 0 Å². The Balaban J connectivity index is 2.95. The van der Waals surface area contributed by atoms with Crippen LogP contribution in [0.4, 0.5) is 0 Å². The lowest BCUT2D eigenvalue weighted by molar-refractivity contribution is 0.118. The minimum Gasteiger partial charge on any atom is -0.377 e. The second kappa shape index (κ2) is 8.58. The number of nitrogens with zero attached hydrogens (tertiary/aromatic N) is 1. The van der Waals surface area contributed by atoms with Crippen molar-refractivity contribution >= 4 is 17.0 Å². The molecule has 0 radical (unpaired) electrons. The van der Waals surface area contributed by atoms with Crippen molar-refractivity contribution in [3.05, 3.63) is 0 Å². The minimum absolute atomic E-state index is 0.349. The van der Waals surface area contributed by atoms with Crippen LogP contribution in [0.25, 0.3) is 0 Å². The molecular weight excluding hydrogens is 322 g/mol. The molecule has 1 aliphatic rings. The number of hydrogen-bond donors (Lipinski definition) is 0. The van der Waals surface area contributed by atoms with Gasteiger partial charge in [0.05, 0.1) is 0 Å². The fourth-order valence-electron chi connectivity index (χ4n) is 3.56. The molecule has 0 saturated heterocycles. The van der Waals surface area contributed by atoms with Gasteiger partial charge in [-0.1, -0.05) is 53.1 Å². The molecule has 0 N–H and O–H groups in total. The zero-order chi connectivity index (χ0) is 17.7. The van der Waals surface area contributed by atoms with Gasteiger partial charge in [-0.3, -0.25) is 0 Å². The van der Waals surface area contributed by atoms with Gasteiger partial charge in [-0.25, -0.2) is 0 Å².